The molecule has 17 heavy (non-hydrogen) atoms. The molecule has 1 saturated heterocycles. The van der Waals surface area contributed by atoms with Crippen LogP contribution in [0.25, 0.3) is 0 Å². The van der Waals surface area contributed by atoms with E-state index in [4.69, 9.17) is 4.74 Å². The van der Waals surface area contributed by atoms with Crippen LogP contribution in [0, 0.1) is 0 Å². The second-order valence-electron chi connectivity index (χ2n) is 4.30. The summed E-state index contributed by atoms with van der Waals surface area (Å²) in [5, 5.41) is 3.37. The summed E-state index contributed by atoms with van der Waals surface area (Å²) < 4.78 is 5.03. The fraction of sp³-hybridized carbons (Fsp3) is 0.667. The normalized spacial score (nSPS) is 18.0. The van der Waals surface area contributed by atoms with Gasteiger partial charge in [0.25, 0.3) is 0 Å². The summed E-state index contributed by atoms with van der Waals surface area (Å²) in [6.45, 7) is 5.67. The van der Waals surface area contributed by atoms with E-state index in [1.807, 2.05) is 0 Å². The summed E-state index contributed by atoms with van der Waals surface area (Å²) in [6.07, 6.45) is 5.69. The Bertz CT molecular complexity index is 333. The zero-order valence-electron chi connectivity index (χ0n) is 10.5. The monoisotopic (exact) mass is 236 g/mol. The quantitative estimate of drug-likeness (QED) is 0.856. The summed E-state index contributed by atoms with van der Waals surface area (Å²) in [4.78, 5) is 10.9. The number of aromatic nitrogens is 2. The molecule has 0 amide bonds. The van der Waals surface area contributed by atoms with E-state index < -0.39 is 0 Å². The molecule has 1 fully saturated rings. The summed E-state index contributed by atoms with van der Waals surface area (Å²) in [7, 11) is 1.62. The number of hydrogen-bond donors (Lipinski definition) is 1. The van der Waals surface area contributed by atoms with Crippen molar-refractivity contribution in [3.63, 3.8) is 0 Å². The molecule has 0 aliphatic carbocycles. The Morgan fingerprint density at radius 3 is 2.53 bits per heavy atom. The summed E-state index contributed by atoms with van der Waals surface area (Å²) in [6, 6.07) is 0.492. The van der Waals surface area contributed by atoms with Gasteiger partial charge in [0.2, 0.25) is 5.95 Å². The lowest BCUT2D eigenvalue weighted by molar-refractivity contribution is 0.229. The van der Waals surface area contributed by atoms with Crippen molar-refractivity contribution < 1.29 is 4.74 Å². The largest absolute Gasteiger partial charge is 0.494 e. The fourth-order valence-electron chi connectivity index (χ4n) is 2.07. The Hall–Kier alpha value is -1.36. The maximum Gasteiger partial charge on any atom is 0.223 e. The van der Waals surface area contributed by atoms with Gasteiger partial charge < -0.3 is 15.0 Å². The van der Waals surface area contributed by atoms with Gasteiger partial charge in [0.15, 0.2) is 5.75 Å². The van der Waals surface area contributed by atoms with Crippen molar-refractivity contribution in [2.45, 2.75) is 25.8 Å². The standard InChI is InChI=1S/C12H20N4O/c1-3-16-6-4-10(5-7-16)15-12-13-8-11(17-2)9-14-12/h8-10H,3-7H2,1-2H3,(H,13,14,15). The molecule has 0 radical (unpaired) electrons. The van der Waals surface area contributed by atoms with Crippen molar-refractivity contribution >= 4 is 5.95 Å². The lowest BCUT2D eigenvalue weighted by Gasteiger charge is -2.31. The van der Waals surface area contributed by atoms with Crippen LogP contribution in [-0.4, -0.2) is 47.7 Å². The maximum atomic E-state index is 5.03. The van der Waals surface area contributed by atoms with Crippen LogP contribution in [0.5, 0.6) is 5.75 Å². The first-order valence-corrected chi connectivity index (χ1v) is 6.16. The number of ether oxygens (including phenoxy) is 1. The van der Waals surface area contributed by atoms with Crippen LogP contribution >= 0.6 is 0 Å². The molecular weight excluding hydrogens is 216 g/mol. The molecule has 94 valence electrons. The van der Waals surface area contributed by atoms with Crippen LogP contribution in [0.1, 0.15) is 19.8 Å². The first kappa shape index (κ1) is 12.1. The fourth-order valence-corrected chi connectivity index (χ4v) is 2.07. The van der Waals surface area contributed by atoms with Crippen LogP contribution < -0.4 is 10.1 Å². The molecule has 2 heterocycles. The SMILES string of the molecule is CCN1CCC(Nc2ncc(OC)cn2)CC1. The Morgan fingerprint density at radius 2 is 2.00 bits per heavy atom. The molecule has 0 atom stereocenters. The smallest absolute Gasteiger partial charge is 0.223 e. The first-order valence-electron chi connectivity index (χ1n) is 6.16. The predicted octanol–water partition coefficient (Wildman–Crippen LogP) is 1.38. The van der Waals surface area contributed by atoms with E-state index in [1.165, 1.54) is 0 Å². The highest BCUT2D eigenvalue weighted by Crippen LogP contribution is 2.14. The molecule has 2 rings (SSSR count). The highest BCUT2D eigenvalue weighted by atomic mass is 16.5. The molecule has 0 saturated carbocycles. The maximum absolute atomic E-state index is 5.03. The Balaban J connectivity index is 1.84. The van der Waals surface area contributed by atoms with E-state index in [-0.39, 0.29) is 0 Å². The van der Waals surface area contributed by atoms with Gasteiger partial charge in [0.05, 0.1) is 19.5 Å². The molecule has 0 unspecified atom stereocenters. The average molecular weight is 236 g/mol. The molecule has 1 aliphatic heterocycles. The van der Waals surface area contributed by atoms with E-state index in [1.54, 1.807) is 19.5 Å². The third-order valence-electron chi connectivity index (χ3n) is 3.23. The number of nitrogens with one attached hydrogen (secondary N) is 1. The highest BCUT2D eigenvalue weighted by Gasteiger charge is 2.18. The zero-order chi connectivity index (χ0) is 12.1. The molecule has 1 aliphatic rings. The van der Waals surface area contributed by atoms with Crippen molar-refractivity contribution in [3.8, 4) is 5.75 Å². The van der Waals surface area contributed by atoms with E-state index in [9.17, 15) is 0 Å². The molecule has 5 heteroatoms. The summed E-state index contributed by atoms with van der Waals surface area (Å²) in [5.74, 6) is 1.39. The van der Waals surface area contributed by atoms with Gasteiger partial charge in [-0.2, -0.15) is 0 Å². The molecular formula is C12H20N4O. The van der Waals surface area contributed by atoms with Crippen LogP contribution in [0.2, 0.25) is 0 Å². The molecule has 0 bridgehead atoms. The number of anilines is 1. The van der Waals surface area contributed by atoms with Gasteiger partial charge in [-0.1, -0.05) is 6.92 Å². The molecule has 1 N–H and O–H groups in total. The van der Waals surface area contributed by atoms with Gasteiger partial charge in [0, 0.05) is 19.1 Å². The number of hydrogen-bond acceptors (Lipinski definition) is 5. The van der Waals surface area contributed by atoms with Crippen molar-refractivity contribution in [2.75, 3.05) is 32.1 Å². The topological polar surface area (TPSA) is 50.3 Å². The van der Waals surface area contributed by atoms with E-state index in [0.29, 0.717) is 17.7 Å². The van der Waals surface area contributed by atoms with Crippen LogP contribution in [0.4, 0.5) is 5.95 Å². The number of likely N-dealkylation sites (tertiary alicyclic amines) is 1. The van der Waals surface area contributed by atoms with Crippen LogP contribution in [-0.2, 0) is 0 Å². The van der Waals surface area contributed by atoms with Gasteiger partial charge in [-0.15, -0.1) is 0 Å². The molecule has 1 aromatic heterocycles. The minimum absolute atomic E-state index is 0.492. The lowest BCUT2D eigenvalue weighted by Crippen LogP contribution is -2.39. The van der Waals surface area contributed by atoms with Gasteiger partial charge in [-0.3, -0.25) is 0 Å². The number of methoxy groups -OCH3 is 1. The molecule has 0 aromatic carbocycles. The van der Waals surface area contributed by atoms with Crippen molar-refractivity contribution in [1.82, 2.24) is 14.9 Å². The van der Waals surface area contributed by atoms with Gasteiger partial charge in [0.1, 0.15) is 0 Å². The van der Waals surface area contributed by atoms with Crippen molar-refractivity contribution in [1.29, 1.82) is 0 Å². The zero-order valence-corrected chi connectivity index (χ0v) is 10.5. The predicted molar refractivity (Wildman–Crippen MR) is 67.3 cm³/mol. The molecule has 1 aromatic rings. The summed E-state index contributed by atoms with van der Waals surface area (Å²) >= 11 is 0. The second-order valence-corrected chi connectivity index (χ2v) is 4.30. The molecule has 5 nitrogen and oxygen atoms in total. The van der Waals surface area contributed by atoms with Crippen molar-refractivity contribution in [3.05, 3.63) is 12.4 Å². The minimum atomic E-state index is 0.492. The van der Waals surface area contributed by atoms with E-state index in [0.717, 1.165) is 32.5 Å². The lowest BCUT2D eigenvalue weighted by atomic mass is 10.1. The summed E-state index contributed by atoms with van der Waals surface area (Å²) in [5.41, 5.74) is 0. The van der Waals surface area contributed by atoms with Gasteiger partial charge in [-0.25, -0.2) is 9.97 Å². The van der Waals surface area contributed by atoms with E-state index >= 15 is 0 Å². The third kappa shape index (κ3) is 3.30. The second kappa shape index (κ2) is 5.82. The highest BCUT2D eigenvalue weighted by molar-refractivity contribution is 5.28. The van der Waals surface area contributed by atoms with E-state index in [2.05, 4.69) is 27.1 Å². The first-order chi connectivity index (χ1) is 8.31. The number of piperidine rings is 1. The minimum Gasteiger partial charge on any atom is -0.494 e. The average Bonchev–Trinajstić information content (AvgIpc) is 2.40. The number of rotatable bonds is 4. The molecule has 0 spiro atoms. The van der Waals surface area contributed by atoms with Crippen LogP contribution in [0.15, 0.2) is 12.4 Å². The Kier molecular flexibility index (Phi) is 4.14. The number of nitrogens with zero attached hydrogens (tertiary/aromatic N) is 3. The van der Waals surface area contributed by atoms with Gasteiger partial charge >= 0.3 is 0 Å². The Morgan fingerprint density at radius 1 is 1.35 bits per heavy atom. The van der Waals surface area contributed by atoms with Gasteiger partial charge in [-0.05, 0) is 19.4 Å². The van der Waals surface area contributed by atoms with Crippen molar-refractivity contribution in [2.24, 2.45) is 0 Å². The Labute approximate surface area is 102 Å². The third-order valence-corrected chi connectivity index (χ3v) is 3.23. The van der Waals surface area contributed by atoms with Crippen LogP contribution in [0.3, 0.4) is 0 Å².